The average Bonchev–Trinajstić information content (AvgIpc) is 3.67. The number of ether oxygens (including phenoxy) is 1. The Kier molecular flexibility index (Phi) is 8.26. The molecule has 0 unspecified atom stereocenters. The van der Waals surface area contributed by atoms with Crippen molar-refractivity contribution in [2.24, 2.45) is 0 Å². The van der Waals surface area contributed by atoms with Gasteiger partial charge in [-0.15, -0.1) is 0 Å². The number of carbonyl (C=O) groups is 1. The SMILES string of the molecule is COC(=O)c1cccc2c(Cn3ccnc3)cn(CCCN3CCN(C(c4ccccc4)c4ccccc4)CC3)c12. The van der Waals surface area contributed by atoms with Gasteiger partial charge in [0.15, 0.2) is 0 Å². The number of aryl methyl sites for hydroxylation is 1. The summed E-state index contributed by atoms with van der Waals surface area (Å²) in [6.07, 6.45) is 8.78. The van der Waals surface area contributed by atoms with Crippen LogP contribution in [0.25, 0.3) is 10.9 Å². The highest BCUT2D eigenvalue weighted by Gasteiger charge is 2.26. The van der Waals surface area contributed by atoms with Crippen molar-refractivity contribution in [3.63, 3.8) is 0 Å². The van der Waals surface area contributed by atoms with Gasteiger partial charge in [-0.1, -0.05) is 72.8 Å². The van der Waals surface area contributed by atoms with E-state index < -0.39 is 0 Å². The van der Waals surface area contributed by atoms with Crippen LogP contribution < -0.4 is 0 Å². The van der Waals surface area contributed by atoms with Gasteiger partial charge in [-0.3, -0.25) is 4.90 Å². The Morgan fingerprint density at radius 3 is 2.22 bits per heavy atom. The van der Waals surface area contributed by atoms with Crippen LogP contribution in [0.15, 0.2) is 104 Å². The Morgan fingerprint density at radius 1 is 0.878 bits per heavy atom. The molecule has 1 aliphatic heterocycles. The molecule has 7 heteroatoms. The molecule has 2 aromatic heterocycles. The number of hydrogen-bond acceptors (Lipinski definition) is 5. The van der Waals surface area contributed by atoms with Gasteiger partial charge >= 0.3 is 5.97 Å². The molecule has 3 aromatic carbocycles. The first-order valence-corrected chi connectivity index (χ1v) is 14.4. The second kappa shape index (κ2) is 12.5. The van der Waals surface area contributed by atoms with Gasteiger partial charge in [0.1, 0.15) is 0 Å². The predicted molar refractivity (Wildman–Crippen MR) is 162 cm³/mol. The van der Waals surface area contributed by atoms with E-state index in [0.717, 1.165) is 56.6 Å². The normalized spacial score (nSPS) is 14.6. The average molecular weight is 548 g/mol. The van der Waals surface area contributed by atoms with Gasteiger partial charge < -0.3 is 18.8 Å². The van der Waals surface area contributed by atoms with E-state index in [4.69, 9.17) is 4.74 Å². The van der Waals surface area contributed by atoms with Crippen LogP contribution in [-0.2, 0) is 17.8 Å². The molecule has 1 aliphatic rings. The van der Waals surface area contributed by atoms with E-state index in [2.05, 4.69) is 96.8 Å². The molecule has 0 spiro atoms. The highest BCUT2D eigenvalue weighted by molar-refractivity contribution is 6.04. The van der Waals surface area contributed by atoms with Crippen LogP contribution in [0.4, 0.5) is 0 Å². The van der Waals surface area contributed by atoms with E-state index in [-0.39, 0.29) is 12.0 Å². The van der Waals surface area contributed by atoms with E-state index in [9.17, 15) is 4.79 Å². The lowest BCUT2D eigenvalue weighted by molar-refractivity contribution is 0.0602. The van der Waals surface area contributed by atoms with Crippen LogP contribution in [0.5, 0.6) is 0 Å². The minimum atomic E-state index is -0.299. The summed E-state index contributed by atoms with van der Waals surface area (Å²) in [4.78, 5) is 22.0. The fourth-order valence-electron chi connectivity index (χ4n) is 6.18. The van der Waals surface area contributed by atoms with E-state index >= 15 is 0 Å². The van der Waals surface area contributed by atoms with Gasteiger partial charge in [-0.05, 0) is 35.7 Å². The van der Waals surface area contributed by atoms with Crippen molar-refractivity contribution < 1.29 is 9.53 Å². The molecule has 0 bridgehead atoms. The fourth-order valence-corrected chi connectivity index (χ4v) is 6.18. The number of benzene rings is 3. The van der Waals surface area contributed by atoms with Crippen LogP contribution in [0.1, 0.15) is 39.5 Å². The lowest BCUT2D eigenvalue weighted by atomic mass is 9.96. The maximum atomic E-state index is 12.7. The first-order valence-electron chi connectivity index (χ1n) is 14.4. The molecular formula is C34H37N5O2. The molecule has 0 radical (unpaired) electrons. The molecule has 0 atom stereocenters. The molecule has 1 saturated heterocycles. The Bertz CT molecular complexity index is 1520. The van der Waals surface area contributed by atoms with Crippen LogP contribution in [-0.4, -0.2) is 69.7 Å². The minimum Gasteiger partial charge on any atom is -0.465 e. The summed E-state index contributed by atoms with van der Waals surface area (Å²) in [7, 11) is 1.45. The van der Waals surface area contributed by atoms with Crippen molar-refractivity contribution in [2.75, 3.05) is 39.8 Å². The zero-order valence-electron chi connectivity index (χ0n) is 23.6. The van der Waals surface area contributed by atoms with Crippen LogP contribution in [0.2, 0.25) is 0 Å². The fraction of sp³-hybridized carbons (Fsp3) is 0.294. The predicted octanol–water partition coefficient (Wildman–Crippen LogP) is 5.47. The number of para-hydroxylation sites is 1. The number of nitrogens with zero attached hydrogens (tertiary/aromatic N) is 5. The van der Waals surface area contributed by atoms with Crippen molar-refractivity contribution in [1.82, 2.24) is 23.9 Å². The van der Waals surface area contributed by atoms with E-state index in [1.807, 2.05) is 24.7 Å². The maximum absolute atomic E-state index is 12.7. The molecule has 5 aromatic rings. The third-order valence-corrected chi connectivity index (χ3v) is 8.17. The minimum absolute atomic E-state index is 0.274. The van der Waals surface area contributed by atoms with Crippen molar-refractivity contribution in [3.05, 3.63) is 126 Å². The Hall–Kier alpha value is -4.20. The Balaban J connectivity index is 1.13. The van der Waals surface area contributed by atoms with Crippen molar-refractivity contribution >= 4 is 16.9 Å². The van der Waals surface area contributed by atoms with Gasteiger partial charge in [-0.25, -0.2) is 9.78 Å². The Morgan fingerprint density at radius 2 is 1.59 bits per heavy atom. The zero-order valence-corrected chi connectivity index (χ0v) is 23.6. The monoisotopic (exact) mass is 547 g/mol. The number of aromatic nitrogens is 3. The van der Waals surface area contributed by atoms with Gasteiger partial charge in [0.2, 0.25) is 0 Å². The first-order chi connectivity index (χ1) is 20.2. The quantitative estimate of drug-likeness (QED) is 0.217. The molecule has 0 saturated carbocycles. The molecule has 3 heterocycles. The summed E-state index contributed by atoms with van der Waals surface area (Å²) in [5.74, 6) is -0.299. The highest BCUT2D eigenvalue weighted by atomic mass is 16.5. The van der Waals surface area contributed by atoms with Crippen LogP contribution in [0, 0.1) is 0 Å². The van der Waals surface area contributed by atoms with Gasteiger partial charge in [0.25, 0.3) is 0 Å². The lowest BCUT2D eigenvalue weighted by Crippen LogP contribution is -2.48. The standard InChI is InChI=1S/C34H37N5O2/c1-41-34(40)31-15-8-14-30-29(24-37-19-16-35-26-37)25-39(33(30)31)18-9-17-36-20-22-38(23-21-36)32(27-10-4-2-5-11-27)28-12-6-3-7-13-28/h2-8,10-16,19,25-26,32H,9,17-18,20-24H2,1H3. The number of hydrogen-bond donors (Lipinski definition) is 0. The van der Waals surface area contributed by atoms with Gasteiger partial charge in [0, 0.05) is 56.7 Å². The molecular weight excluding hydrogens is 510 g/mol. The summed E-state index contributed by atoms with van der Waals surface area (Å²) in [5.41, 5.74) is 5.43. The molecule has 6 rings (SSSR count). The van der Waals surface area contributed by atoms with E-state index in [1.165, 1.54) is 23.8 Å². The molecule has 1 fully saturated rings. The number of fused-ring (bicyclic) bond motifs is 1. The largest absolute Gasteiger partial charge is 0.465 e. The number of methoxy groups -OCH3 is 1. The van der Waals surface area contributed by atoms with E-state index in [0.29, 0.717) is 12.1 Å². The molecule has 0 aliphatic carbocycles. The molecule has 7 nitrogen and oxygen atoms in total. The summed E-state index contributed by atoms with van der Waals surface area (Å²) < 4.78 is 9.43. The summed E-state index contributed by atoms with van der Waals surface area (Å²) in [6.45, 7) is 6.71. The number of carbonyl (C=O) groups excluding carboxylic acids is 1. The zero-order chi connectivity index (χ0) is 28.0. The van der Waals surface area contributed by atoms with Gasteiger partial charge in [0.05, 0.1) is 37.1 Å². The van der Waals surface area contributed by atoms with Crippen molar-refractivity contribution in [3.8, 4) is 0 Å². The molecule has 210 valence electrons. The number of piperazine rings is 1. The number of rotatable bonds is 10. The molecule has 41 heavy (non-hydrogen) atoms. The van der Waals surface area contributed by atoms with Gasteiger partial charge in [-0.2, -0.15) is 0 Å². The summed E-state index contributed by atoms with van der Waals surface area (Å²) in [6, 6.07) is 27.9. The van der Waals surface area contributed by atoms with Crippen LogP contribution in [0.3, 0.4) is 0 Å². The second-order valence-electron chi connectivity index (χ2n) is 10.7. The second-order valence-corrected chi connectivity index (χ2v) is 10.7. The van der Waals surface area contributed by atoms with Crippen LogP contribution >= 0.6 is 0 Å². The molecule has 0 N–H and O–H groups in total. The smallest absolute Gasteiger partial charge is 0.340 e. The molecule has 0 amide bonds. The topological polar surface area (TPSA) is 55.5 Å². The van der Waals surface area contributed by atoms with Crippen molar-refractivity contribution in [1.29, 1.82) is 0 Å². The van der Waals surface area contributed by atoms with E-state index in [1.54, 1.807) is 6.20 Å². The maximum Gasteiger partial charge on any atom is 0.340 e. The number of esters is 1. The van der Waals surface area contributed by atoms with Crippen molar-refractivity contribution in [2.45, 2.75) is 25.6 Å². The third-order valence-electron chi connectivity index (χ3n) is 8.17. The Labute approximate surface area is 241 Å². The lowest BCUT2D eigenvalue weighted by Gasteiger charge is -2.40. The third kappa shape index (κ3) is 5.97. The summed E-state index contributed by atoms with van der Waals surface area (Å²) >= 11 is 0. The summed E-state index contributed by atoms with van der Waals surface area (Å²) in [5, 5.41) is 1.09. The highest BCUT2D eigenvalue weighted by Crippen LogP contribution is 2.30. The first kappa shape index (κ1) is 27.0. The number of imidazole rings is 1.